The quantitative estimate of drug-likeness (QED) is 0.776. The highest BCUT2D eigenvalue weighted by Gasteiger charge is 2.13. The highest BCUT2D eigenvalue weighted by atomic mass is 32.2. The third kappa shape index (κ3) is 3.74. The van der Waals surface area contributed by atoms with Crippen molar-refractivity contribution in [1.82, 2.24) is 9.78 Å². The van der Waals surface area contributed by atoms with Crippen LogP contribution < -0.4 is 5.32 Å². The number of hydrogen-bond acceptors (Lipinski definition) is 4. The average molecular weight is 359 g/mol. The maximum atomic E-state index is 14.2. The van der Waals surface area contributed by atoms with Crippen LogP contribution >= 0.6 is 0 Å². The van der Waals surface area contributed by atoms with Crippen molar-refractivity contribution in [2.75, 3.05) is 11.6 Å². The Morgan fingerprint density at radius 2 is 1.96 bits per heavy atom. The summed E-state index contributed by atoms with van der Waals surface area (Å²) in [6.07, 6.45) is 4.20. The average Bonchev–Trinajstić information content (AvgIpc) is 3.08. The number of benzene rings is 2. The Balaban J connectivity index is 1.83. The lowest BCUT2D eigenvalue weighted by Gasteiger charge is -2.09. The van der Waals surface area contributed by atoms with Crippen LogP contribution in [0.25, 0.3) is 5.69 Å². The normalized spacial score (nSPS) is 11.3. The molecular weight excluding hydrogens is 345 g/mol. The third-order valence-electron chi connectivity index (χ3n) is 3.48. The van der Waals surface area contributed by atoms with Gasteiger partial charge in [0.25, 0.3) is 5.91 Å². The van der Waals surface area contributed by atoms with E-state index in [1.165, 1.54) is 47.3 Å². The van der Waals surface area contributed by atoms with Gasteiger partial charge in [0.1, 0.15) is 5.69 Å². The Morgan fingerprint density at radius 1 is 1.16 bits per heavy atom. The van der Waals surface area contributed by atoms with Crippen molar-refractivity contribution >= 4 is 21.4 Å². The van der Waals surface area contributed by atoms with Crippen molar-refractivity contribution in [3.05, 3.63) is 72.3 Å². The first kappa shape index (κ1) is 16.8. The molecular formula is C17H14FN3O3S. The van der Waals surface area contributed by atoms with Gasteiger partial charge >= 0.3 is 0 Å². The summed E-state index contributed by atoms with van der Waals surface area (Å²) in [4.78, 5) is 12.3. The molecule has 0 aliphatic rings. The summed E-state index contributed by atoms with van der Waals surface area (Å²) < 4.78 is 38.7. The van der Waals surface area contributed by atoms with Gasteiger partial charge in [-0.1, -0.05) is 6.07 Å². The minimum atomic E-state index is -3.42. The van der Waals surface area contributed by atoms with E-state index in [0.717, 1.165) is 6.26 Å². The van der Waals surface area contributed by atoms with E-state index in [-0.39, 0.29) is 21.8 Å². The number of rotatable bonds is 4. The number of carbonyl (C=O) groups excluding carboxylic acids is 1. The van der Waals surface area contributed by atoms with Crippen LogP contribution in [0.15, 0.2) is 65.8 Å². The van der Waals surface area contributed by atoms with Crippen LogP contribution in [-0.2, 0) is 9.84 Å². The monoisotopic (exact) mass is 359 g/mol. The minimum Gasteiger partial charge on any atom is -0.322 e. The Kier molecular flexibility index (Phi) is 4.37. The fourth-order valence-corrected chi connectivity index (χ4v) is 2.92. The first-order valence-corrected chi connectivity index (χ1v) is 9.15. The standard InChI is InChI=1S/C17H14FN3O3S/c1-25(23,24)14-5-2-4-12(10-14)17(22)20-13-6-7-16(15(18)11-13)21-9-3-8-19-21/h2-11H,1H3,(H,20,22). The van der Waals surface area contributed by atoms with E-state index in [0.29, 0.717) is 0 Å². The van der Waals surface area contributed by atoms with Gasteiger partial charge in [-0.25, -0.2) is 17.5 Å². The number of hydrogen-bond donors (Lipinski definition) is 1. The molecule has 0 atom stereocenters. The molecule has 0 unspecified atom stereocenters. The summed E-state index contributed by atoms with van der Waals surface area (Å²) in [7, 11) is -3.42. The van der Waals surface area contributed by atoms with Gasteiger partial charge in [-0.2, -0.15) is 5.10 Å². The number of nitrogens with zero attached hydrogens (tertiary/aromatic N) is 2. The Labute approximate surface area is 143 Å². The van der Waals surface area contributed by atoms with Crippen molar-refractivity contribution < 1.29 is 17.6 Å². The van der Waals surface area contributed by atoms with Crippen LogP contribution in [0.1, 0.15) is 10.4 Å². The molecule has 6 nitrogen and oxygen atoms in total. The second-order valence-electron chi connectivity index (χ2n) is 5.37. The lowest BCUT2D eigenvalue weighted by molar-refractivity contribution is 0.102. The molecule has 1 amide bonds. The zero-order valence-electron chi connectivity index (χ0n) is 13.2. The molecule has 25 heavy (non-hydrogen) atoms. The van der Waals surface area contributed by atoms with Crippen molar-refractivity contribution in [3.63, 3.8) is 0 Å². The molecule has 2 aromatic carbocycles. The number of sulfone groups is 1. The van der Waals surface area contributed by atoms with Gasteiger partial charge in [0.15, 0.2) is 15.7 Å². The summed E-state index contributed by atoms with van der Waals surface area (Å²) in [5, 5.41) is 6.50. The zero-order valence-corrected chi connectivity index (χ0v) is 14.0. The largest absolute Gasteiger partial charge is 0.322 e. The third-order valence-corrected chi connectivity index (χ3v) is 4.59. The topological polar surface area (TPSA) is 81.1 Å². The predicted molar refractivity (Wildman–Crippen MR) is 91.0 cm³/mol. The number of amides is 1. The van der Waals surface area contributed by atoms with E-state index in [9.17, 15) is 17.6 Å². The van der Waals surface area contributed by atoms with Gasteiger partial charge in [0.05, 0.1) is 4.90 Å². The van der Waals surface area contributed by atoms with Crippen LogP contribution in [0.3, 0.4) is 0 Å². The second kappa shape index (κ2) is 6.48. The van der Waals surface area contributed by atoms with Crippen LogP contribution in [-0.4, -0.2) is 30.4 Å². The SMILES string of the molecule is CS(=O)(=O)c1cccc(C(=O)Nc2ccc(-n3cccn3)c(F)c2)c1. The van der Waals surface area contributed by atoms with Crippen molar-refractivity contribution in [2.45, 2.75) is 4.90 Å². The van der Waals surface area contributed by atoms with Gasteiger partial charge in [-0.3, -0.25) is 4.79 Å². The first-order chi connectivity index (χ1) is 11.8. The summed E-state index contributed by atoms with van der Waals surface area (Å²) in [6.45, 7) is 0. The summed E-state index contributed by atoms with van der Waals surface area (Å²) in [5.41, 5.74) is 0.671. The summed E-state index contributed by atoms with van der Waals surface area (Å²) in [5.74, 6) is -1.08. The molecule has 1 heterocycles. The Hall–Kier alpha value is -3.00. The van der Waals surface area contributed by atoms with Crippen LogP contribution in [0, 0.1) is 5.82 Å². The highest BCUT2D eigenvalue weighted by molar-refractivity contribution is 7.90. The van der Waals surface area contributed by atoms with Gasteiger partial charge in [-0.05, 0) is 42.5 Å². The molecule has 0 saturated heterocycles. The smallest absolute Gasteiger partial charge is 0.255 e. The van der Waals surface area contributed by atoms with Crippen LogP contribution in [0.2, 0.25) is 0 Å². The lowest BCUT2D eigenvalue weighted by Crippen LogP contribution is -2.13. The van der Waals surface area contributed by atoms with Gasteiger partial charge in [0.2, 0.25) is 0 Å². The molecule has 3 aromatic rings. The van der Waals surface area contributed by atoms with Crippen molar-refractivity contribution in [1.29, 1.82) is 0 Å². The van der Waals surface area contributed by atoms with E-state index < -0.39 is 21.6 Å². The molecule has 128 valence electrons. The molecule has 0 aliphatic heterocycles. The number of aromatic nitrogens is 2. The van der Waals surface area contributed by atoms with E-state index in [1.54, 1.807) is 18.3 Å². The van der Waals surface area contributed by atoms with E-state index in [1.807, 2.05) is 0 Å². The zero-order chi connectivity index (χ0) is 18.0. The van der Waals surface area contributed by atoms with Crippen LogP contribution in [0.5, 0.6) is 0 Å². The number of anilines is 1. The molecule has 0 bridgehead atoms. The maximum absolute atomic E-state index is 14.2. The van der Waals surface area contributed by atoms with Gasteiger partial charge in [-0.15, -0.1) is 0 Å². The van der Waals surface area contributed by atoms with Gasteiger partial charge in [0, 0.05) is 29.9 Å². The van der Waals surface area contributed by atoms with Crippen molar-refractivity contribution in [3.8, 4) is 5.69 Å². The number of carbonyl (C=O) groups is 1. The van der Waals surface area contributed by atoms with Crippen LogP contribution in [0.4, 0.5) is 10.1 Å². The fraction of sp³-hybridized carbons (Fsp3) is 0.0588. The summed E-state index contributed by atoms with van der Waals surface area (Å²) in [6, 6.07) is 11.5. The van der Waals surface area contributed by atoms with E-state index >= 15 is 0 Å². The molecule has 8 heteroatoms. The highest BCUT2D eigenvalue weighted by Crippen LogP contribution is 2.19. The minimum absolute atomic E-state index is 0.0420. The Bertz CT molecular complexity index is 1030. The molecule has 0 saturated carbocycles. The predicted octanol–water partition coefficient (Wildman–Crippen LogP) is 2.67. The molecule has 0 radical (unpaired) electrons. The molecule has 0 aliphatic carbocycles. The number of nitrogens with one attached hydrogen (secondary N) is 1. The first-order valence-electron chi connectivity index (χ1n) is 7.25. The second-order valence-corrected chi connectivity index (χ2v) is 7.39. The van der Waals surface area contributed by atoms with E-state index in [2.05, 4.69) is 10.4 Å². The molecule has 0 fully saturated rings. The Morgan fingerprint density at radius 3 is 2.60 bits per heavy atom. The van der Waals surface area contributed by atoms with Crippen molar-refractivity contribution in [2.24, 2.45) is 0 Å². The maximum Gasteiger partial charge on any atom is 0.255 e. The molecule has 1 aromatic heterocycles. The summed E-state index contributed by atoms with van der Waals surface area (Å²) >= 11 is 0. The molecule has 3 rings (SSSR count). The molecule has 1 N–H and O–H groups in total. The lowest BCUT2D eigenvalue weighted by atomic mass is 10.2. The molecule has 0 spiro atoms. The van der Waals surface area contributed by atoms with Gasteiger partial charge < -0.3 is 5.32 Å². The fourth-order valence-electron chi connectivity index (χ4n) is 2.25. The van der Waals surface area contributed by atoms with E-state index in [4.69, 9.17) is 0 Å². The number of halogens is 1.